The van der Waals surface area contributed by atoms with Gasteiger partial charge in [-0.1, -0.05) is 11.5 Å². The average molecular weight is 253 g/mol. The fourth-order valence-corrected chi connectivity index (χ4v) is 2.06. The van der Waals surface area contributed by atoms with Crippen LogP contribution in [0, 0.1) is 0 Å². The second kappa shape index (κ2) is 4.97. The summed E-state index contributed by atoms with van der Waals surface area (Å²) in [4.78, 5) is 22.6. The Morgan fingerprint density at radius 2 is 2.05 bits per heavy atom. The molecule has 1 saturated heterocycles. The van der Waals surface area contributed by atoms with E-state index in [9.17, 15) is 4.79 Å². The number of benzene rings is 1. The van der Waals surface area contributed by atoms with Crippen LogP contribution in [0.25, 0.3) is 11.0 Å². The topological polar surface area (TPSA) is 55.3 Å². The summed E-state index contributed by atoms with van der Waals surface area (Å²) in [7, 11) is 5.71. The van der Waals surface area contributed by atoms with Crippen molar-refractivity contribution in [1.82, 2.24) is 14.9 Å². The molecule has 0 aliphatic carbocycles. The van der Waals surface area contributed by atoms with E-state index in [0.29, 0.717) is 43.0 Å². The number of aromatic nitrogens is 2. The molecule has 0 N–H and O–H groups in total. The molecule has 2 radical (unpaired) electrons. The molecule has 2 aromatic rings. The van der Waals surface area contributed by atoms with Crippen LogP contribution in [-0.4, -0.2) is 54.9 Å². The van der Waals surface area contributed by atoms with Crippen molar-refractivity contribution in [2.75, 3.05) is 26.3 Å². The maximum absolute atomic E-state index is 12.3. The number of fused-ring (bicyclic) bond motifs is 1. The summed E-state index contributed by atoms with van der Waals surface area (Å²) in [6.07, 6.45) is 1.51. The van der Waals surface area contributed by atoms with Crippen molar-refractivity contribution in [3.05, 3.63) is 30.1 Å². The van der Waals surface area contributed by atoms with Crippen LogP contribution in [0.5, 0.6) is 0 Å². The van der Waals surface area contributed by atoms with E-state index in [2.05, 4.69) is 9.97 Å². The predicted molar refractivity (Wildman–Crippen MR) is 71.6 cm³/mol. The van der Waals surface area contributed by atoms with E-state index >= 15 is 0 Å². The minimum Gasteiger partial charge on any atom is -0.378 e. The lowest BCUT2D eigenvalue weighted by Crippen LogP contribution is -2.41. The Hall–Kier alpha value is -1.95. The van der Waals surface area contributed by atoms with E-state index in [-0.39, 0.29) is 5.91 Å². The van der Waals surface area contributed by atoms with Gasteiger partial charge in [0.2, 0.25) is 0 Å². The first-order valence-electron chi connectivity index (χ1n) is 6.13. The summed E-state index contributed by atoms with van der Waals surface area (Å²) in [5.74, 6) is -0.111. The lowest BCUT2D eigenvalue weighted by molar-refractivity contribution is 0.0299. The second-order valence-corrected chi connectivity index (χ2v) is 4.41. The van der Waals surface area contributed by atoms with Crippen LogP contribution in [0.4, 0.5) is 0 Å². The Morgan fingerprint density at radius 1 is 1.26 bits per heavy atom. The standard InChI is InChI=1S/C13H12BN3O2/c14-9-1-2-10-11(7-9)16-12(8-15-10)13(18)17-3-5-19-6-4-17/h1-2,7-8H,3-6H2. The number of carbonyl (C=O) groups excluding carboxylic acids is 1. The minimum absolute atomic E-state index is 0.111. The van der Waals surface area contributed by atoms with Gasteiger partial charge < -0.3 is 9.64 Å². The van der Waals surface area contributed by atoms with Crippen LogP contribution >= 0.6 is 0 Å². The SMILES string of the molecule is [B]c1ccc2ncc(C(=O)N3CCOCC3)nc2c1. The molecule has 0 spiro atoms. The Balaban J connectivity index is 1.93. The van der Waals surface area contributed by atoms with Gasteiger partial charge in [0.1, 0.15) is 13.5 Å². The van der Waals surface area contributed by atoms with Crippen molar-refractivity contribution in [1.29, 1.82) is 0 Å². The fraction of sp³-hybridized carbons (Fsp3) is 0.308. The van der Waals surface area contributed by atoms with Crippen molar-refractivity contribution in [3.8, 4) is 0 Å². The van der Waals surface area contributed by atoms with Gasteiger partial charge in [-0.05, 0) is 12.1 Å². The van der Waals surface area contributed by atoms with Crippen molar-refractivity contribution in [2.24, 2.45) is 0 Å². The number of amides is 1. The Kier molecular flexibility index (Phi) is 3.17. The molecule has 0 unspecified atom stereocenters. The monoisotopic (exact) mass is 253 g/mol. The number of ether oxygens (including phenoxy) is 1. The highest BCUT2D eigenvalue weighted by molar-refractivity contribution is 6.33. The van der Waals surface area contributed by atoms with Gasteiger partial charge in [-0.2, -0.15) is 0 Å². The van der Waals surface area contributed by atoms with E-state index in [1.807, 2.05) is 0 Å². The second-order valence-electron chi connectivity index (χ2n) is 4.41. The third-order valence-electron chi connectivity index (χ3n) is 3.08. The van der Waals surface area contributed by atoms with Crippen molar-refractivity contribution in [3.63, 3.8) is 0 Å². The first kappa shape index (κ1) is 12.1. The van der Waals surface area contributed by atoms with Crippen LogP contribution in [0.3, 0.4) is 0 Å². The zero-order valence-corrected chi connectivity index (χ0v) is 10.4. The molecule has 1 aliphatic rings. The number of hydrogen-bond donors (Lipinski definition) is 0. The van der Waals surface area contributed by atoms with E-state index in [1.54, 1.807) is 23.1 Å². The average Bonchev–Trinajstić information content (AvgIpc) is 2.46. The van der Waals surface area contributed by atoms with Crippen LogP contribution in [-0.2, 0) is 4.74 Å². The van der Waals surface area contributed by atoms with Crippen LogP contribution in [0.15, 0.2) is 24.4 Å². The molecule has 0 atom stereocenters. The molecule has 1 fully saturated rings. The fourth-order valence-electron chi connectivity index (χ4n) is 2.06. The molecular weight excluding hydrogens is 241 g/mol. The Labute approximate surface area is 112 Å². The molecule has 3 rings (SSSR count). The van der Waals surface area contributed by atoms with Gasteiger partial charge >= 0.3 is 0 Å². The Bertz CT molecular complexity index is 626. The highest BCUT2D eigenvalue weighted by Crippen LogP contribution is 2.10. The summed E-state index contributed by atoms with van der Waals surface area (Å²) in [5, 5.41) is 0. The van der Waals surface area contributed by atoms with Crippen LogP contribution in [0.1, 0.15) is 10.5 Å². The molecule has 6 heteroatoms. The molecular formula is C13H12BN3O2. The molecule has 1 aromatic heterocycles. The van der Waals surface area contributed by atoms with Gasteiger partial charge in [0.15, 0.2) is 0 Å². The summed E-state index contributed by atoms with van der Waals surface area (Å²) < 4.78 is 5.23. The third kappa shape index (κ3) is 2.44. The zero-order chi connectivity index (χ0) is 13.2. The van der Waals surface area contributed by atoms with E-state index < -0.39 is 0 Å². The third-order valence-corrected chi connectivity index (χ3v) is 3.08. The molecule has 1 aromatic carbocycles. The highest BCUT2D eigenvalue weighted by Gasteiger charge is 2.20. The molecule has 0 saturated carbocycles. The zero-order valence-electron chi connectivity index (χ0n) is 10.4. The maximum Gasteiger partial charge on any atom is 0.274 e. The molecule has 1 aliphatic heterocycles. The van der Waals surface area contributed by atoms with Gasteiger partial charge in [0, 0.05) is 13.1 Å². The number of nitrogens with zero attached hydrogens (tertiary/aromatic N) is 3. The summed E-state index contributed by atoms with van der Waals surface area (Å²) >= 11 is 0. The van der Waals surface area contributed by atoms with E-state index in [1.165, 1.54) is 6.20 Å². The predicted octanol–water partition coefficient (Wildman–Crippen LogP) is -0.104. The van der Waals surface area contributed by atoms with Gasteiger partial charge in [-0.25, -0.2) is 4.98 Å². The number of hydrogen-bond acceptors (Lipinski definition) is 4. The highest BCUT2D eigenvalue weighted by atomic mass is 16.5. The molecule has 0 bridgehead atoms. The van der Waals surface area contributed by atoms with Crippen molar-refractivity contribution >= 4 is 30.2 Å². The number of carbonyl (C=O) groups is 1. The van der Waals surface area contributed by atoms with E-state index in [4.69, 9.17) is 12.6 Å². The quantitative estimate of drug-likeness (QED) is 0.666. The summed E-state index contributed by atoms with van der Waals surface area (Å²) in [6, 6.07) is 5.28. The largest absolute Gasteiger partial charge is 0.378 e. The molecule has 19 heavy (non-hydrogen) atoms. The van der Waals surface area contributed by atoms with Gasteiger partial charge in [0.05, 0.1) is 30.4 Å². The minimum atomic E-state index is -0.111. The van der Waals surface area contributed by atoms with Crippen molar-refractivity contribution < 1.29 is 9.53 Å². The number of rotatable bonds is 1. The smallest absolute Gasteiger partial charge is 0.274 e. The van der Waals surface area contributed by atoms with Crippen LogP contribution < -0.4 is 5.46 Å². The lowest BCUT2D eigenvalue weighted by atomic mass is 9.96. The Morgan fingerprint density at radius 3 is 2.84 bits per heavy atom. The van der Waals surface area contributed by atoms with Crippen molar-refractivity contribution in [2.45, 2.75) is 0 Å². The molecule has 1 amide bonds. The normalized spacial score (nSPS) is 15.7. The summed E-state index contributed by atoms with van der Waals surface area (Å²) in [5.41, 5.74) is 2.32. The lowest BCUT2D eigenvalue weighted by Gasteiger charge is -2.26. The summed E-state index contributed by atoms with van der Waals surface area (Å²) in [6.45, 7) is 2.32. The van der Waals surface area contributed by atoms with E-state index in [0.717, 1.165) is 5.52 Å². The maximum atomic E-state index is 12.3. The molecule has 5 nitrogen and oxygen atoms in total. The number of morpholine rings is 1. The first-order valence-corrected chi connectivity index (χ1v) is 6.13. The van der Waals surface area contributed by atoms with Gasteiger partial charge in [-0.15, -0.1) is 0 Å². The molecule has 94 valence electrons. The van der Waals surface area contributed by atoms with Crippen LogP contribution in [0.2, 0.25) is 0 Å². The molecule has 2 heterocycles. The van der Waals surface area contributed by atoms with Gasteiger partial charge in [-0.3, -0.25) is 9.78 Å². The van der Waals surface area contributed by atoms with Gasteiger partial charge in [0.25, 0.3) is 5.91 Å². The first-order chi connectivity index (χ1) is 9.24.